The molecule has 1 unspecified atom stereocenters. The van der Waals surface area contributed by atoms with Crippen molar-refractivity contribution < 1.29 is 51.4 Å². The van der Waals surface area contributed by atoms with E-state index in [1.807, 2.05) is 24.3 Å². The highest BCUT2D eigenvalue weighted by Crippen LogP contribution is 2.38. The van der Waals surface area contributed by atoms with E-state index in [-0.39, 0.29) is 54.8 Å². The number of halogens is 4. The van der Waals surface area contributed by atoms with Crippen molar-refractivity contribution in [2.45, 2.75) is 88.8 Å². The SMILES string of the molecule is CCOC(=O)C(=O)OC1CCN(C2CCN(C(=O)C(Cc3cc(Cl)c(N)c(C(F)(F)F)c3)OC(=O)N3CCC(N4CCc5ccccc5NC4=O)CC3)CC2)CC1. The average Bonchev–Trinajstić information content (AvgIpc) is 3.36. The Labute approximate surface area is 333 Å². The highest BCUT2D eigenvalue weighted by atomic mass is 35.5. The zero-order valence-electron chi connectivity index (χ0n) is 31.7. The Balaban J connectivity index is 1.08. The van der Waals surface area contributed by atoms with E-state index in [1.54, 1.807) is 16.7 Å². The molecule has 1 atom stereocenters. The molecule has 18 heteroatoms. The van der Waals surface area contributed by atoms with E-state index in [4.69, 9.17) is 31.5 Å². The van der Waals surface area contributed by atoms with Gasteiger partial charge >= 0.3 is 30.2 Å². The predicted octanol–water partition coefficient (Wildman–Crippen LogP) is 5.11. The number of nitrogen functional groups attached to an aromatic ring is 1. The van der Waals surface area contributed by atoms with Gasteiger partial charge in [-0.15, -0.1) is 0 Å². The van der Waals surface area contributed by atoms with Gasteiger partial charge in [-0.05, 0) is 81.2 Å². The minimum Gasteiger partial charge on any atom is -0.458 e. The molecule has 3 N–H and O–H groups in total. The van der Waals surface area contributed by atoms with Gasteiger partial charge < -0.3 is 40.0 Å². The summed E-state index contributed by atoms with van der Waals surface area (Å²) in [7, 11) is 0. The number of hydrogen-bond acceptors (Lipinski definition) is 10. The number of benzene rings is 2. The molecule has 3 fully saturated rings. The van der Waals surface area contributed by atoms with Crippen molar-refractivity contribution in [2.75, 3.05) is 63.5 Å². The van der Waals surface area contributed by atoms with Gasteiger partial charge in [-0.1, -0.05) is 29.8 Å². The zero-order chi connectivity index (χ0) is 40.9. The highest BCUT2D eigenvalue weighted by Gasteiger charge is 2.39. The number of urea groups is 1. The number of nitrogens with zero attached hydrogens (tertiary/aromatic N) is 4. The molecule has 310 valence electrons. The number of piperidine rings is 3. The molecule has 2 aromatic carbocycles. The standard InChI is InChI=1S/C39H48ClF3N6O8/c1-2-55-35(51)36(52)56-28-12-18-46(19-13-28)26-8-14-47(15-9-26)34(50)32(23-24-21-29(39(41,42)43)33(44)30(40)22-24)57-38(54)48-16-10-27(11-17-48)49-20-7-25-5-3-4-6-31(25)45-37(49)53/h3-6,21-22,26-28,32H,2,7-20,23,44H2,1H3,(H,45,53). The fourth-order valence-corrected chi connectivity index (χ4v) is 8.36. The van der Waals surface area contributed by atoms with Crippen molar-refractivity contribution in [3.63, 3.8) is 0 Å². The van der Waals surface area contributed by atoms with E-state index in [0.717, 1.165) is 17.3 Å². The number of para-hydroxylation sites is 1. The molecule has 0 aromatic heterocycles. The van der Waals surface area contributed by atoms with Crippen LogP contribution in [0.4, 0.5) is 34.1 Å². The first-order valence-corrected chi connectivity index (χ1v) is 19.8. The summed E-state index contributed by atoms with van der Waals surface area (Å²) in [5.41, 5.74) is 5.72. The molecule has 4 heterocycles. The molecule has 0 aliphatic carbocycles. The highest BCUT2D eigenvalue weighted by molar-refractivity contribution is 6.33. The van der Waals surface area contributed by atoms with E-state index in [9.17, 15) is 37.1 Å². The average molecular weight is 821 g/mol. The van der Waals surface area contributed by atoms with Crippen LogP contribution in [0.1, 0.15) is 62.1 Å². The van der Waals surface area contributed by atoms with Crippen molar-refractivity contribution in [3.8, 4) is 0 Å². The minimum absolute atomic E-state index is 0.0287. The smallest absolute Gasteiger partial charge is 0.418 e. The second-order valence-corrected chi connectivity index (χ2v) is 15.2. The first-order chi connectivity index (χ1) is 27.2. The number of likely N-dealkylation sites (tertiary alicyclic amines) is 3. The van der Waals surface area contributed by atoms with Gasteiger partial charge in [0.2, 0.25) is 0 Å². The van der Waals surface area contributed by atoms with Crippen LogP contribution in [0.25, 0.3) is 0 Å². The number of alkyl halides is 3. The van der Waals surface area contributed by atoms with Crippen molar-refractivity contribution in [1.29, 1.82) is 0 Å². The first-order valence-electron chi connectivity index (χ1n) is 19.4. The number of amides is 4. The van der Waals surface area contributed by atoms with Gasteiger partial charge in [0.05, 0.1) is 22.9 Å². The van der Waals surface area contributed by atoms with E-state index >= 15 is 0 Å². The number of rotatable bonds is 8. The largest absolute Gasteiger partial charge is 0.458 e. The van der Waals surface area contributed by atoms with Crippen LogP contribution in [0.2, 0.25) is 5.02 Å². The summed E-state index contributed by atoms with van der Waals surface area (Å²) in [5.74, 6) is -2.56. The van der Waals surface area contributed by atoms with Gasteiger partial charge in [-0.3, -0.25) is 9.69 Å². The molecule has 2 aromatic rings. The van der Waals surface area contributed by atoms with Crippen LogP contribution in [-0.2, 0) is 47.6 Å². The Morgan fingerprint density at radius 3 is 2.21 bits per heavy atom. The van der Waals surface area contributed by atoms with Crippen LogP contribution < -0.4 is 11.1 Å². The Morgan fingerprint density at radius 1 is 0.895 bits per heavy atom. The molecule has 6 rings (SSSR count). The lowest BCUT2D eigenvalue weighted by atomic mass is 9.97. The molecule has 0 saturated carbocycles. The summed E-state index contributed by atoms with van der Waals surface area (Å²) in [5, 5.41) is 2.64. The van der Waals surface area contributed by atoms with Gasteiger partial charge in [0.15, 0.2) is 6.10 Å². The van der Waals surface area contributed by atoms with Gasteiger partial charge in [-0.25, -0.2) is 19.2 Å². The molecule has 57 heavy (non-hydrogen) atoms. The van der Waals surface area contributed by atoms with E-state index in [0.29, 0.717) is 77.7 Å². The fourth-order valence-electron chi connectivity index (χ4n) is 8.12. The first kappa shape index (κ1) is 41.9. The van der Waals surface area contributed by atoms with Crippen molar-refractivity contribution in [3.05, 3.63) is 58.1 Å². The number of nitrogens with two attached hydrogens (primary N) is 1. The molecule has 3 saturated heterocycles. The van der Waals surface area contributed by atoms with Crippen molar-refractivity contribution in [2.24, 2.45) is 0 Å². The van der Waals surface area contributed by atoms with Crippen molar-refractivity contribution >= 4 is 52.9 Å². The van der Waals surface area contributed by atoms with Gasteiger partial charge in [0.1, 0.15) is 6.10 Å². The second kappa shape index (κ2) is 18.2. The third-order valence-electron chi connectivity index (χ3n) is 11.2. The predicted molar refractivity (Wildman–Crippen MR) is 202 cm³/mol. The lowest BCUT2D eigenvalue weighted by molar-refractivity contribution is -0.172. The van der Waals surface area contributed by atoms with Gasteiger partial charge in [-0.2, -0.15) is 13.2 Å². The monoisotopic (exact) mass is 820 g/mol. The van der Waals surface area contributed by atoms with Crippen LogP contribution in [0.3, 0.4) is 0 Å². The molecular weight excluding hydrogens is 773 g/mol. The van der Waals surface area contributed by atoms with Crippen LogP contribution in [0, 0.1) is 0 Å². The normalized spacial score (nSPS) is 19.6. The maximum Gasteiger partial charge on any atom is 0.418 e. The molecule has 4 amide bonds. The molecule has 14 nitrogen and oxygen atoms in total. The summed E-state index contributed by atoms with van der Waals surface area (Å²) < 4.78 is 57.5. The maximum atomic E-state index is 14.1. The van der Waals surface area contributed by atoms with Crippen molar-refractivity contribution in [1.82, 2.24) is 19.6 Å². The molecule has 0 bridgehead atoms. The second-order valence-electron chi connectivity index (χ2n) is 14.8. The number of hydrogen-bond donors (Lipinski definition) is 2. The number of fused-ring (bicyclic) bond motifs is 1. The van der Waals surface area contributed by atoms with Gasteiger partial charge in [0.25, 0.3) is 5.91 Å². The van der Waals surface area contributed by atoms with Crippen LogP contribution >= 0.6 is 11.6 Å². The number of nitrogens with one attached hydrogen (secondary N) is 1. The maximum absolute atomic E-state index is 14.1. The molecular formula is C39H48ClF3N6O8. The van der Waals surface area contributed by atoms with Crippen LogP contribution in [0.15, 0.2) is 36.4 Å². The number of ether oxygens (including phenoxy) is 3. The summed E-state index contributed by atoms with van der Waals surface area (Å²) in [4.78, 5) is 71.6. The number of esters is 2. The van der Waals surface area contributed by atoms with E-state index in [2.05, 4.69) is 10.2 Å². The third kappa shape index (κ3) is 10.2. The summed E-state index contributed by atoms with van der Waals surface area (Å²) >= 11 is 6.12. The van der Waals surface area contributed by atoms with Gasteiger partial charge in [0, 0.05) is 70.0 Å². The zero-order valence-corrected chi connectivity index (χ0v) is 32.5. The number of anilines is 2. The Hall–Kier alpha value is -4.77. The summed E-state index contributed by atoms with van der Waals surface area (Å²) in [6.45, 7) is 4.55. The Morgan fingerprint density at radius 2 is 1.54 bits per heavy atom. The molecule has 0 radical (unpaired) electrons. The summed E-state index contributed by atoms with van der Waals surface area (Å²) in [6.07, 6.45) is -3.95. The Bertz CT molecular complexity index is 1810. The molecule has 0 spiro atoms. The topological polar surface area (TPSA) is 164 Å². The Kier molecular flexibility index (Phi) is 13.4. The number of carbonyl (C=O) groups is 5. The third-order valence-corrected chi connectivity index (χ3v) is 11.5. The van der Waals surface area contributed by atoms with E-state index in [1.165, 1.54) is 11.0 Å². The lowest BCUT2D eigenvalue weighted by Gasteiger charge is -2.42. The molecule has 4 aliphatic rings. The van der Waals surface area contributed by atoms with Crippen LogP contribution in [0.5, 0.6) is 0 Å². The summed E-state index contributed by atoms with van der Waals surface area (Å²) in [6, 6.07) is 9.46. The van der Waals surface area contributed by atoms with E-state index < -0.39 is 53.6 Å². The van der Waals surface area contributed by atoms with Crippen LogP contribution in [-0.4, -0.2) is 126 Å². The number of carbonyl (C=O) groups excluding carboxylic acids is 5. The quantitative estimate of drug-likeness (QED) is 0.159. The minimum atomic E-state index is -4.81. The molecule has 4 aliphatic heterocycles. The lowest BCUT2D eigenvalue weighted by Crippen LogP contribution is -2.53. The fraction of sp³-hybridized carbons (Fsp3) is 0.564.